The number of rotatable bonds is 5. The third-order valence-electron chi connectivity index (χ3n) is 5.71. The molecule has 3 unspecified atom stereocenters. The number of benzene rings is 2. The molecule has 3 atom stereocenters. The predicted octanol–water partition coefficient (Wildman–Crippen LogP) is 5.51. The number of carbonyl (C=O) groups is 1. The van der Waals surface area contributed by atoms with Crippen LogP contribution in [0.25, 0.3) is 0 Å². The van der Waals surface area contributed by atoms with Crippen LogP contribution in [-0.2, 0) is 4.79 Å². The molecule has 0 aromatic heterocycles. The number of para-hydroxylation sites is 1. The minimum absolute atomic E-state index is 0.0345. The normalized spacial score (nSPS) is 22.4. The zero-order chi connectivity index (χ0) is 19.7. The zero-order valence-electron chi connectivity index (χ0n) is 16.7. The summed E-state index contributed by atoms with van der Waals surface area (Å²) in [4.78, 5) is 12.1. The van der Waals surface area contributed by atoms with E-state index in [2.05, 4.69) is 53.1 Å². The number of ether oxygens (including phenoxy) is 1. The van der Waals surface area contributed by atoms with E-state index in [4.69, 9.17) is 4.74 Å². The summed E-state index contributed by atoms with van der Waals surface area (Å²) < 4.78 is 5.90. The van der Waals surface area contributed by atoms with Gasteiger partial charge < -0.3 is 15.4 Å². The highest BCUT2D eigenvalue weighted by Gasteiger charge is 2.39. The number of nitrogens with one attached hydrogen (secondary N) is 2. The van der Waals surface area contributed by atoms with Gasteiger partial charge in [-0.25, -0.2) is 0 Å². The molecule has 1 aliphatic heterocycles. The summed E-state index contributed by atoms with van der Waals surface area (Å²) in [6, 6.07) is 14.7. The Hall–Kier alpha value is -2.75. The van der Waals surface area contributed by atoms with Crippen LogP contribution in [0.1, 0.15) is 50.3 Å². The van der Waals surface area contributed by atoms with Crippen LogP contribution in [-0.4, -0.2) is 12.5 Å². The summed E-state index contributed by atoms with van der Waals surface area (Å²) in [5.74, 6) is 1.74. The molecule has 2 aromatic carbocycles. The number of hydrogen-bond donors (Lipinski definition) is 2. The van der Waals surface area contributed by atoms with Crippen molar-refractivity contribution in [3.8, 4) is 5.75 Å². The number of hydrogen-bond acceptors (Lipinski definition) is 3. The molecule has 4 nitrogen and oxygen atoms in total. The number of amides is 1. The molecule has 1 heterocycles. The molecule has 2 aliphatic rings. The lowest BCUT2D eigenvalue weighted by molar-refractivity contribution is -0.118. The van der Waals surface area contributed by atoms with Crippen molar-refractivity contribution in [1.82, 2.24) is 0 Å². The van der Waals surface area contributed by atoms with Crippen LogP contribution in [0.3, 0.4) is 0 Å². The number of carbonyl (C=O) groups excluding carboxylic acids is 1. The predicted molar refractivity (Wildman–Crippen MR) is 114 cm³/mol. The van der Waals surface area contributed by atoms with E-state index in [0.717, 1.165) is 23.5 Å². The van der Waals surface area contributed by atoms with Crippen molar-refractivity contribution in [1.29, 1.82) is 0 Å². The molecule has 0 spiro atoms. The van der Waals surface area contributed by atoms with E-state index in [1.54, 1.807) is 0 Å². The fourth-order valence-corrected chi connectivity index (χ4v) is 4.29. The van der Waals surface area contributed by atoms with Crippen molar-refractivity contribution in [2.75, 3.05) is 17.2 Å². The maximum Gasteiger partial charge on any atom is 0.226 e. The summed E-state index contributed by atoms with van der Waals surface area (Å²) in [6.45, 7) is 6.50. The maximum absolute atomic E-state index is 12.1. The molecular weight excluding hydrogens is 348 g/mol. The Morgan fingerprint density at radius 2 is 2.04 bits per heavy atom. The SMILES string of the molecule is CCOc1ccccc1C1Nc2ccc(NC(=O)C(C)C)cc2C2C=CCC21. The van der Waals surface area contributed by atoms with Crippen LogP contribution >= 0.6 is 0 Å². The maximum atomic E-state index is 12.1. The Bertz CT molecular complexity index is 903. The van der Waals surface area contributed by atoms with Gasteiger partial charge in [0.25, 0.3) is 0 Å². The third kappa shape index (κ3) is 3.39. The van der Waals surface area contributed by atoms with E-state index in [9.17, 15) is 4.79 Å². The molecule has 0 fully saturated rings. The molecule has 146 valence electrons. The number of anilines is 2. The zero-order valence-corrected chi connectivity index (χ0v) is 16.7. The minimum Gasteiger partial charge on any atom is -0.494 e. The number of fused-ring (bicyclic) bond motifs is 3. The minimum atomic E-state index is -0.0345. The van der Waals surface area contributed by atoms with Crippen LogP contribution in [0.4, 0.5) is 11.4 Å². The van der Waals surface area contributed by atoms with E-state index < -0.39 is 0 Å². The Morgan fingerprint density at radius 3 is 2.82 bits per heavy atom. The van der Waals surface area contributed by atoms with Crippen molar-refractivity contribution < 1.29 is 9.53 Å². The quantitative estimate of drug-likeness (QED) is 0.677. The third-order valence-corrected chi connectivity index (χ3v) is 5.71. The molecule has 2 N–H and O–H groups in total. The summed E-state index contributed by atoms with van der Waals surface area (Å²) in [5, 5.41) is 6.78. The Morgan fingerprint density at radius 1 is 1.21 bits per heavy atom. The van der Waals surface area contributed by atoms with Gasteiger partial charge in [0.1, 0.15) is 5.75 Å². The van der Waals surface area contributed by atoms with Crippen LogP contribution in [0.5, 0.6) is 5.75 Å². The average molecular weight is 377 g/mol. The van der Waals surface area contributed by atoms with Gasteiger partial charge in [-0.15, -0.1) is 0 Å². The van der Waals surface area contributed by atoms with E-state index in [0.29, 0.717) is 18.4 Å². The van der Waals surface area contributed by atoms with Gasteiger partial charge in [-0.1, -0.05) is 44.2 Å². The summed E-state index contributed by atoms with van der Waals surface area (Å²) in [7, 11) is 0. The van der Waals surface area contributed by atoms with Crippen molar-refractivity contribution in [2.45, 2.75) is 39.2 Å². The lowest BCUT2D eigenvalue weighted by Crippen LogP contribution is -2.29. The average Bonchev–Trinajstić information content (AvgIpc) is 3.18. The second kappa shape index (κ2) is 7.70. The molecule has 2 aromatic rings. The second-order valence-electron chi connectivity index (χ2n) is 7.89. The highest BCUT2D eigenvalue weighted by Crippen LogP contribution is 2.51. The fraction of sp³-hybridized carbons (Fsp3) is 0.375. The van der Waals surface area contributed by atoms with E-state index in [1.807, 2.05) is 32.9 Å². The van der Waals surface area contributed by atoms with Gasteiger partial charge in [0.2, 0.25) is 5.91 Å². The Labute approximate surface area is 167 Å². The van der Waals surface area contributed by atoms with Crippen LogP contribution in [0, 0.1) is 11.8 Å². The van der Waals surface area contributed by atoms with Crippen molar-refractivity contribution in [3.63, 3.8) is 0 Å². The van der Waals surface area contributed by atoms with Gasteiger partial charge in [0.05, 0.1) is 12.6 Å². The topological polar surface area (TPSA) is 50.4 Å². The van der Waals surface area contributed by atoms with E-state index >= 15 is 0 Å². The van der Waals surface area contributed by atoms with Gasteiger partial charge in [-0.05, 0) is 49.1 Å². The molecule has 4 heteroatoms. The van der Waals surface area contributed by atoms with Gasteiger partial charge in [0.15, 0.2) is 0 Å². The van der Waals surface area contributed by atoms with E-state index in [-0.39, 0.29) is 17.9 Å². The van der Waals surface area contributed by atoms with Gasteiger partial charge in [0, 0.05) is 28.8 Å². The number of allylic oxidation sites excluding steroid dienone is 2. The Balaban J connectivity index is 1.68. The van der Waals surface area contributed by atoms with Crippen molar-refractivity contribution in [2.24, 2.45) is 11.8 Å². The first-order valence-electron chi connectivity index (χ1n) is 10.2. The molecule has 1 amide bonds. The standard InChI is InChI=1S/C24H28N2O2/c1-4-28-22-11-6-5-8-19(22)23-18-10-7-9-17(18)20-14-16(12-13-21(20)26-23)25-24(27)15(2)3/h5-9,11-15,17-18,23,26H,4,10H2,1-3H3,(H,25,27). The van der Waals surface area contributed by atoms with Gasteiger partial charge in [-0.2, -0.15) is 0 Å². The molecule has 0 radical (unpaired) electrons. The lowest BCUT2D eigenvalue weighted by atomic mass is 9.76. The molecular formula is C24H28N2O2. The molecule has 4 rings (SSSR count). The lowest BCUT2D eigenvalue weighted by Gasteiger charge is -2.38. The van der Waals surface area contributed by atoms with Gasteiger partial charge in [-0.3, -0.25) is 4.79 Å². The second-order valence-corrected chi connectivity index (χ2v) is 7.89. The van der Waals surface area contributed by atoms with Crippen LogP contribution in [0.15, 0.2) is 54.6 Å². The van der Waals surface area contributed by atoms with E-state index in [1.165, 1.54) is 11.1 Å². The largest absolute Gasteiger partial charge is 0.494 e. The molecule has 1 aliphatic carbocycles. The highest BCUT2D eigenvalue weighted by molar-refractivity contribution is 5.92. The summed E-state index contributed by atoms with van der Waals surface area (Å²) in [6.07, 6.45) is 5.63. The molecule has 0 saturated carbocycles. The van der Waals surface area contributed by atoms with Crippen molar-refractivity contribution >= 4 is 17.3 Å². The molecule has 0 bridgehead atoms. The first-order chi connectivity index (χ1) is 13.6. The monoisotopic (exact) mass is 376 g/mol. The molecule has 28 heavy (non-hydrogen) atoms. The molecule has 0 saturated heterocycles. The summed E-state index contributed by atoms with van der Waals surface area (Å²) >= 11 is 0. The smallest absolute Gasteiger partial charge is 0.226 e. The Kier molecular flexibility index (Phi) is 5.12. The fourth-order valence-electron chi connectivity index (χ4n) is 4.29. The summed E-state index contributed by atoms with van der Waals surface area (Å²) in [5.41, 5.74) is 4.47. The van der Waals surface area contributed by atoms with Crippen LogP contribution in [0.2, 0.25) is 0 Å². The van der Waals surface area contributed by atoms with Crippen molar-refractivity contribution in [3.05, 3.63) is 65.7 Å². The van der Waals surface area contributed by atoms with Gasteiger partial charge >= 0.3 is 0 Å². The first-order valence-corrected chi connectivity index (χ1v) is 10.2. The highest BCUT2D eigenvalue weighted by atomic mass is 16.5. The first kappa shape index (κ1) is 18.6. The van der Waals surface area contributed by atoms with Crippen LogP contribution < -0.4 is 15.4 Å².